The summed E-state index contributed by atoms with van der Waals surface area (Å²) >= 11 is 0. The van der Waals surface area contributed by atoms with Gasteiger partial charge in [-0.25, -0.2) is 8.78 Å². The summed E-state index contributed by atoms with van der Waals surface area (Å²) in [7, 11) is 1.56. The average molecular weight is 277 g/mol. The molecule has 0 bridgehead atoms. The molecule has 2 aromatic rings. The molecule has 2 aromatic carbocycles. The lowest BCUT2D eigenvalue weighted by atomic mass is 10.1. The molecule has 1 N–H and O–H groups in total. The number of amides is 1. The molecule has 0 spiro atoms. The number of hydrogen-bond acceptors (Lipinski definition) is 2. The van der Waals surface area contributed by atoms with Crippen LogP contribution in [0.25, 0.3) is 0 Å². The Morgan fingerprint density at radius 3 is 2.70 bits per heavy atom. The summed E-state index contributed by atoms with van der Waals surface area (Å²) in [6.07, 6.45) is 0. The second-order valence-corrected chi connectivity index (χ2v) is 4.19. The highest BCUT2D eigenvalue weighted by Gasteiger charge is 2.15. The second-order valence-electron chi connectivity index (χ2n) is 4.19. The Kier molecular flexibility index (Phi) is 4.42. The summed E-state index contributed by atoms with van der Waals surface area (Å²) in [5, 5.41) is 2.52. The molecule has 5 heteroatoms. The minimum Gasteiger partial charge on any atom is -0.380 e. The van der Waals surface area contributed by atoms with Crippen molar-refractivity contribution in [3.05, 3.63) is 65.2 Å². The first-order valence-corrected chi connectivity index (χ1v) is 5.95. The Morgan fingerprint density at radius 1 is 1.20 bits per heavy atom. The Balaban J connectivity index is 2.19. The van der Waals surface area contributed by atoms with Gasteiger partial charge in [-0.05, 0) is 29.8 Å². The van der Waals surface area contributed by atoms with E-state index in [0.29, 0.717) is 12.3 Å². The summed E-state index contributed by atoms with van der Waals surface area (Å²) in [5.41, 5.74) is 1.03. The SMILES string of the molecule is COCc1cccc(NC(=O)c2cccc(F)c2F)c1. The van der Waals surface area contributed by atoms with Crippen molar-refractivity contribution >= 4 is 11.6 Å². The number of nitrogens with one attached hydrogen (secondary N) is 1. The van der Waals surface area contributed by atoms with E-state index in [2.05, 4.69) is 5.32 Å². The fraction of sp³-hybridized carbons (Fsp3) is 0.133. The van der Waals surface area contributed by atoms with E-state index in [1.807, 2.05) is 6.07 Å². The van der Waals surface area contributed by atoms with Crippen molar-refractivity contribution in [2.45, 2.75) is 6.61 Å². The number of hydrogen-bond donors (Lipinski definition) is 1. The van der Waals surface area contributed by atoms with Crippen LogP contribution in [0.1, 0.15) is 15.9 Å². The monoisotopic (exact) mass is 277 g/mol. The van der Waals surface area contributed by atoms with Crippen LogP contribution >= 0.6 is 0 Å². The molecule has 0 heterocycles. The molecule has 0 unspecified atom stereocenters. The highest BCUT2D eigenvalue weighted by molar-refractivity contribution is 6.04. The predicted molar refractivity (Wildman–Crippen MR) is 71.5 cm³/mol. The normalized spacial score (nSPS) is 10.3. The maximum Gasteiger partial charge on any atom is 0.258 e. The largest absolute Gasteiger partial charge is 0.380 e. The van der Waals surface area contributed by atoms with E-state index in [-0.39, 0.29) is 5.56 Å². The topological polar surface area (TPSA) is 38.3 Å². The number of carbonyl (C=O) groups is 1. The zero-order chi connectivity index (χ0) is 14.5. The van der Waals surface area contributed by atoms with Gasteiger partial charge in [0.2, 0.25) is 0 Å². The van der Waals surface area contributed by atoms with Crippen LogP contribution in [0.5, 0.6) is 0 Å². The molecule has 104 valence electrons. The number of methoxy groups -OCH3 is 1. The molecule has 0 aliphatic carbocycles. The summed E-state index contributed by atoms with van der Waals surface area (Å²) in [4.78, 5) is 11.9. The van der Waals surface area contributed by atoms with Crippen LogP contribution in [-0.2, 0) is 11.3 Å². The molecule has 2 rings (SSSR count). The highest BCUT2D eigenvalue weighted by Crippen LogP contribution is 2.16. The highest BCUT2D eigenvalue weighted by atomic mass is 19.2. The lowest BCUT2D eigenvalue weighted by molar-refractivity contribution is 0.102. The van der Waals surface area contributed by atoms with Gasteiger partial charge in [-0.1, -0.05) is 18.2 Å². The van der Waals surface area contributed by atoms with Crippen molar-refractivity contribution in [2.24, 2.45) is 0 Å². The fourth-order valence-electron chi connectivity index (χ4n) is 1.78. The van der Waals surface area contributed by atoms with Crippen LogP contribution in [0.2, 0.25) is 0 Å². The molecule has 3 nitrogen and oxygen atoms in total. The van der Waals surface area contributed by atoms with E-state index in [0.717, 1.165) is 11.6 Å². The number of rotatable bonds is 4. The van der Waals surface area contributed by atoms with Crippen molar-refractivity contribution in [1.82, 2.24) is 0 Å². The van der Waals surface area contributed by atoms with E-state index in [1.165, 1.54) is 12.1 Å². The van der Waals surface area contributed by atoms with Gasteiger partial charge in [0.25, 0.3) is 5.91 Å². The Bertz CT molecular complexity index is 629. The number of halogens is 2. The molecule has 0 aromatic heterocycles. The molecular formula is C15H13F2NO2. The lowest BCUT2D eigenvalue weighted by Gasteiger charge is -2.08. The molecular weight excluding hydrogens is 264 g/mol. The van der Waals surface area contributed by atoms with Gasteiger partial charge in [0.05, 0.1) is 12.2 Å². The van der Waals surface area contributed by atoms with Gasteiger partial charge in [0.1, 0.15) is 0 Å². The minimum absolute atomic E-state index is 0.331. The number of benzene rings is 2. The van der Waals surface area contributed by atoms with Crippen LogP contribution in [0.4, 0.5) is 14.5 Å². The van der Waals surface area contributed by atoms with Crippen LogP contribution in [0, 0.1) is 11.6 Å². The fourth-order valence-corrected chi connectivity index (χ4v) is 1.78. The first kappa shape index (κ1) is 14.1. The van der Waals surface area contributed by atoms with Crippen LogP contribution in [0.15, 0.2) is 42.5 Å². The Labute approximate surface area is 115 Å². The molecule has 0 saturated carbocycles. The summed E-state index contributed by atoms with van der Waals surface area (Å²) in [6, 6.07) is 10.4. The quantitative estimate of drug-likeness (QED) is 0.930. The van der Waals surface area contributed by atoms with Crippen molar-refractivity contribution in [2.75, 3.05) is 12.4 Å². The van der Waals surface area contributed by atoms with E-state index in [4.69, 9.17) is 4.74 Å². The molecule has 1 amide bonds. The number of ether oxygens (including phenoxy) is 1. The minimum atomic E-state index is -1.15. The Morgan fingerprint density at radius 2 is 1.95 bits per heavy atom. The third-order valence-corrected chi connectivity index (χ3v) is 2.69. The third kappa shape index (κ3) is 3.19. The van der Waals surface area contributed by atoms with Gasteiger partial charge in [-0.2, -0.15) is 0 Å². The average Bonchev–Trinajstić information content (AvgIpc) is 2.42. The molecule has 0 fully saturated rings. The standard InChI is InChI=1S/C15H13F2NO2/c1-20-9-10-4-2-5-11(8-10)18-15(19)12-6-3-7-13(16)14(12)17/h2-8H,9H2,1H3,(H,18,19). The van der Waals surface area contributed by atoms with Crippen LogP contribution in [0.3, 0.4) is 0 Å². The molecule has 0 aliphatic rings. The van der Waals surface area contributed by atoms with E-state index >= 15 is 0 Å². The maximum absolute atomic E-state index is 13.5. The van der Waals surface area contributed by atoms with Gasteiger partial charge in [0.15, 0.2) is 11.6 Å². The zero-order valence-electron chi connectivity index (χ0n) is 10.8. The smallest absolute Gasteiger partial charge is 0.258 e. The van der Waals surface area contributed by atoms with Gasteiger partial charge in [-0.15, -0.1) is 0 Å². The van der Waals surface area contributed by atoms with Crippen molar-refractivity contribution < 1.29 is 18.3 Å². The van der Waals surface area contributed by atoms with E-state index in [1.54, 1.807) is 25.3 Å². The summed E-state index contributed by atoms with van der Waals surface area (Å²) < 4.78 is 31.6. The maximum atomic E-state index is 13.5. The lowest BCUT2D eigenvalue weighted by Crippen LogP contribution is -2.14. The van der Waals surface area contributed by atoms with Crippen molar-refractivity contribution in [3.63, 3.8) is 0 Å². The first-order valence-electron chi connectivity index (χ1n) is 5.95. The Hall–Kier alpha value is -2.27. The first-order chi connectivity index (χ1) is 9.61. The van der Waals surface area contributed by atoms with Crippen molar-refractivity contribution in [3.8, 4) is 0 Å². The second kappa shape index (κ2) is 6.25. The molecule has 0 aliphatic heterocycles. The van der Waals surface area contributed by atoms with Gasteiger partial charge < -0.3 is 10.1 Å². The van der Waals surface area contributed by atoms with Gasteiger partial charge >= 0.3 is 0 Å². The molecule has 0 radical (unpaired) electrons. The summed E-state index contributed by atoms with van der Waals surface area (Å²) in [5.74, 6) is -2.90. The molecule has 20 heavy (non-hydrogen) atoms. The predicted octanol–water partition coefficient (Wildman–Crippen LogP) is 3.36. The third-order valence-electron chi connectivity index (χ3n) is 2.69. The molecule has 0 saturated heterocycles. The van der Waals surface area contributed by atoms with Gasteiger partial charge in [0, 0.05) is 12.8 Å². The van der Waals surface area contributed by atoms with Crippen LogP contribution in [-0.4, -0.2) is 13.0 Å². The van der Waals surface area contributed by atoms with E-state index in [9.17, 15) is 13.6 Å². The van der Waals surface area contributed by atoms with Crippen molar-refractivity contribution in [1.29, 1.82) is 0 Å². The van der Waals surface area contributed by atoms with Gasteiger partial charge in [-0.3, -0.25) is 4.79 Å². The van der Waals surface area contributed by atoms with Crippen LogP contribution < -0.4 is 5.32 Å². The van der Waals surface area contributed by atoms with E-state index < -0.39 is 17.5 Å². The zero-order valence-corrected chi connectivity index (χ0v) is 10.8. The number of anilines is 1. The molecule has 0 atom stereocenters. The summed E-state index contributed by atoms with van der Waals surface area (Å²) in [6.45, 7) is 0.401. The number of carbonyl (C=O) groups excluding carboxylic acids is 1.